The summed E-state index contributed by atoms with van der Waals surface area (Å²) in [5, 5.41) is 19.9. The molecule has 6 heteroatoms. The van der Waals surface area contributed by atoms with Crippen LogP contribution in [0.1, 0.15) is 5.56 Å². The van der Waals surface area contributed by atoms with Crippen LogP contribution in [0.25, 0.3) is 11.3 Å². The lowest BCUT2D eigenvalue weighted by Crippen LogP contribution is -1.97. The van der Waals surface area contributed by atoms with Gasteiger partial charge in [-0.3, -0.25) is 15.1 Å². The number of hydrogen-bond acceptors (Lipinski definition) is 5. The number of rotatable bonds is 3. The molecule has 0 saturated carbocycles. The van der Waals surface area contributed by atoms with Crippen LogP contribution in [0.5, 0.6) is 5.75 Å². The van der Waals surface area contributed by atoms with E-state index in [0.29, 0.717) is 17.0 Å². The highest BCUT2D eigenvalue weighted by Crippen LogP contribution is 2.34. The van der Waals surface area contributed by atoms with Gasteiger partial charge in [-0.2, -0.15) is 5.26 Å². The van der Waals surface area contributed by atoms with Crippen LogP contribution in [0, 0.1) is 21.4 Å². The molecular weight excluding hydrogens is 246 g/mol. The molecule has 0 saturated heterocycles. The lowest BCUT2D eigenvalue weighted by Gasteiger charge is -2.08. The van der Waals surface area contributed by atoms with Crippen molar-refractivity contribution in [3.8, 4) is 23.1 Å². The molecule has 0 fully saturated rings. The van der Waals surface area contributed by atoms with E-state index in [1.54, 1.807) is 24.4 Å². The average molecular weight is 255 g/mol. The zero-order chi connectivity index (χ0) is 13.8. The largest absolute Gasteiger partial charge is 0.496 e. The summed E-state index contributed by atoms with van der Waals surface area (Å²) >= 11 is 0. The van der Waals surface area contributed by atoms with Crippen LogP contribution >= 0.6 is 0 Å². The fourth-order valence-electron chi connectivity index (χ4n) is 1.70. The van der Waals surface area contributed by atoms with E-state index in [1.807, 2.05) is 6.07 Å². The quantitative estimate of drug-likeness (QED) is 0.621. The SMILES string of the molecule is COc1cc([N+](=O)[O-])c(C#N)cc1-c1ccccn1. The second-order valence-corrected chi connectivity index (χ2v) is 3.65. The number of hydrogen-bond donors (Lipinski definition) is 0. The van der Waals surface area contributed by atoms with Crippen molar-refractivity contribution in [2.75, 3.05) is 7.11 Å². The Morgan fingerprint density at radius 1 is 1.42 bits per heavy atom. The molecule has 0 radical (unpaired) electrons. The predicted molar refractivity (Wildman–Crippen MR) is 67.6 cm³/mol. The Bertz CT molecular complexity index is 663. The van der Waals surface area contributed by atoms with E-state index in [0.717, 1.165) is 0 Å². The third kappa shape index (κ3) is 2.35. The molecule has 0 N–H and O–H groups in total. The van der Waals surface area contributed by atoms with Gasteiger partial charge in [0, 0.05) is 11.8 Å². The average Bonchev–Trinajstić information content (AvgIpc) is 2.46. The van der Waals surface area contributed by atoms with Gasteiger partial charge in [-0.05, 0) is 18.2 Å². The minimum atomic E-state index is -0.608. The molecule has 0 bridgehead atoms. The summed E-state index contributed by atoms with van der Waals surface area (Å²) in [4.78, 5) is 14.4. The van der Waals surface area contributed by atoms with Crippen molar-refractivity contribution in [3.05, 3.63) is 52.2 Å². The second-order valence-electron chi connectivity index (χ2n) is 3.65. The van der Waals surface area contributed by atoms with Crippen LogP contribution in [-0.4, -0.2) is 17.0 Å². The van der Waals surface area contributed by atoms with E-state index in [-0.39, 0.29) is 11.3 Å². The molecule has 0 amide bonds. The summed E-state index contributed by atoms with van der Waals surface area (Å²) in [6.07, 6.45) is 1.60. The topological polar surface area (TPSA) is 89.0 Å². The van der Waals surface area contributed by atoms with Gasteiger partial charge >= 0.3 is 0 Å². The third-order valence-corrected chi connectivity index (χ3v) is 2.58. The molecule has 0 atom stereocenters. The van der Waals surface area contributed by atoms with Gasteiger partial charge in [0.25, 0.3) is 5.69 Å². The summed E-state index contributed by atoms with van der Waals surface area (Å²) in [7, 11) is 1.41. The molecule has 1 aromatic heterocycles. The van der Waals surface area contributed by atoms with E-state index in [2.05, 4.69) is 4.98 Å². The second kappa shape index (κ2) is 5.14. The lowest BCUT2D eigenvalue weighted by molar-refractivity contribution is -0.385. The van der Waals surface area contributed by atoms with Gasteiger partial charge in [0.1, 0.15) is 17.4 Å². The molecule has 6 nitrogen and oxygen atoms in total. The highest BCUT2D eigenvalue weighted by molar-refractivity contribution is 5.73. The Balaban J connectivity index is 2.69. The molecule has 1 heterocycles. The van der Waals surface area contributed by atoms with Crippen molar-refractivity contribution in [1.82, 2.24) is 4.98 Å². The normalized spacial score (nSPS) is 9.68. The van der Waals surface area contributed by atoms with Crippen LogP contribution < -0.4 is 4.74 Å². The Morgan fingerprint density at radius 3 is 2.74 bits per heavy atom. The first-order chi connectivity index (χ1) is 9.17. The number of nitrogens with zero attached hydrogens (tertiary/aromatic N) is 3. The number of methoxy groups -OCH3 is 1. The Hall–Kier alpha value is -2.94. The summed E-state index contributed by atoms with van der Waals surface area (Å²) in [5.74, 6) is 0.310. The minimum Gasteiger partial charge on any atom is -0.496 e. The maximum Gasteiger partial charge on any atom is 0.290 e. The number of pyridine rings is 1. The van der Waals surface area contributed by atoms with Gasteiger partial charge in [-0.1, -0.05) is 6.07 Å². The number of benzene rings is 1. The smallest absolute Gasteiger partial charge is 0.290 e. The molecule has 0 unspecified atom stereocenters. The molecule has 2 aromatic rings. The van der Waals surface area contributed by atoms with Crippen molar-refractivity contribution < 1.29 is 9.66 Å². The Kier molecular flexibility index (Phi) is 3.39. The van der Waals surface area contributed by atoms with Crippen LogP contribution in [-0.2, 0) is 0 Å². The number of nitro groups is 1. The van der Waals surface area contributed by atoms with Crippen molar-refractivity contribution >= 4 is 5.69 Å². The van der Waals surface area contributed by atoms with Gasteiger partial charge in [0.2, 0.25) is 0 Å². The van der Waals surface area contributed by atoms with E-state index >= 15 is 0 Å². The van der Waals surface area contributed by atoms with Crippen LogP contribution in [0.2, 0.25) is 0 Å². The van der Waals surface area contributed by atoms with Gasteiger partial charge in [-0.15, -0.1) is 0 Å². The summed E-state index contributed by atoms with van der Waals surface area (Å²) < 4.78 is 5.14. The molecule has 19 heavy (non-hydrogen) atoms. The molecule has 0 aliphatic carbocycles. The van der Waals surface area contributed by atoms with Crippen molar-refractivity contribution in [1.29, 1.82) is 5.26 Å². The molecule has 1 aromatic carbocycles. The molecule has 0 spiro atoms. The maximum atomic E-state index is 10.9. The minimum absolute atomic E-state index is 0.0218. The third-order valence-electron chi connectivity index (χ3n) is 2.58. The van der Waals surface area contributed by atoms with E-state index in [4.69, 9.17) is 10.00 Å². The molecule has 0 aliphatic heterocycles. The maximum absolute atomic E-state index is 10.9. The van der Waals surface area contributed by atoms with Gasteiger partial charge < -0.3 is 4.74 Å². The first-order valence-corrected chi connectivity index (χ1v) is 5.35. The fraction of sp³-hybridized carbons (Fsp3) is 0.0769. The van der Waals surface area contributed by atoms with Gasteiger partial charge in [0.15, 0.2) is 0 Å². The molecule has 2 rings (SSSR count). The molecule has 94 valence electrons. The summed E-state index contributed by atoms with van der Waals surface area (Å²) in [6, 6.07) is 9.75. The Morgan fingerprint density at radius 2 is 2.21 bits per heavy atom. The van der Waals surface area contributed by atoms with Gasteiger partial charge in [0.05, 0.1) is 23.8 Å². The Labute approximate surface area is 109 Å². The van der Waals surface area contributed by atoms with Crippen LogP contribution in [0.4, 0.5) is 5.69 Å². The zero-order valence-electron chi connectivity index (χ0n) is 10.0. The first kappa shape index (κ1) is 12.5. The summed E-state index contributed by atoms with van der Waals surface area (Å²) in [5.41, 5.74) is 0.835. The van der Waals surface area contributed by atoms with Crippen molar-refractivity contribution in [3.63, 3.8) is 0 Å². The lowest BCUT2D eigenvalue weighted by atomic mass is 10.0. The van der Waals surface area contributed by atoms with Crippen LogP contribution in [0.15, 0.2) is 36.5 Å². The predicted octanol–water partition coefficient (Wildman–Crippen LogP) is 2.54. The number of aromatic nitrogens is 1. The summed E-state index contributed by atoms with van der Waals surface area (Å²) in [6.45, 7) is 0. The van der Waals surface area contributed by atoms with E-state index in [9.17, 15) is 10.1 Å². The van der Waals surface area contributed by atoms with Crippen molar-refractivity contribution in [2.24, 2.45) is 0 Å². The van der Waals surface area contributed by atoms with E-state index in [1.165, 1.54) is 19.2 Å². The standard InChI is InChI=1S/C13H9N3O3/c1-19-13-7-12(16(17)18)9(8-14)6-10(13)11-4-2-3-5-15-11/h2-7H,1H3. The molecular formula is C13H9N3O3. The fourth-order valence-corrected chi connectivity index (χ4v) is 1.70. The number of nitriles is 1. The zero-order valence-corrected chi connectivity index (χ0v) is 10.0. The van der Waals surface area contributed by atoms with Crippen molar-refractivity contribution in [2.45, 2.75) is 0 Å². The highest BCUT2D eigenvalue weighted by Gasteiger charge is 2.19. The molecule has 0 aliphatic rings. The monoisotopic (exact) mass is 255 g/mol. The highest BCUT2D eigenvalue weighted by atomic mass is 16.6. The first-order valence-electron chi connectivity index (χ1n) is 5.35. The van der Waals surface area contributed by atoms with Gasteiger partial charge in [-0.25, -0.2) is 0 Å². The number of ether oxygens (including phenoxy) is 1. The van der Waals surface area contributed by atoms with E-state index < -0.39 is 4.92 Å². The number of nitro benzene ring substituents is 1. The van der Waals surface area contributed by atoms with Crippen LogP contribution in [0.3, 0.4) is 0 Å².